The van der Waals surface area contributed by atoms with Gasteiger partial charge in [0, 0.05) is 5.41 Å². The maximum Gasteiger partial charge on any atom is 0.122 e. The van der Waals surface area contributed by atoms with E-state index in [0.29, 0.717) is 5.41 Å². The Balaban J connectivity index is 1.36. The molecular weight excluding hydrogens is 436 g/mol. The quantitative estimate of drug-likeness (QED) is 0.323. The highest BCUT2D eigenvalue weighted by Crippen LogP contribution is 2.44. The monoisotopic (exact) mass is 488 g/mol. The van der Waals surface area contributed by atoms with Crippen molar-refractivity contribution in [2.24, 2.45) is 23.2 Å². The van der Waals surface area contributed by atoms with Gasteiger partial charge in [-0.3, -0.25) is 0 Å². The summed E-state index contributed by atoms with van der Waals surface area (Å²) in [6, 6.07) is 16.4. The molecule has 1 nitrogen and oxygen atoms in total. The predicted octanol–water partition coefficient (Wildman–Crippen LogP) is 10.6. The lowest BCUT2D eigenvalue weighted by molar-refractivity contribution is 0.127. The fraction of sp³-hybridized carbons (Fsp3) is 0.657. The summed E-state index contributed by atoms with van der Waals surface area (Å²) in [6.07, 6.45) is 16.1. The first kappa shape index (κ1) is 27.3. The third-order valence-corrected chi connectivity index (χ3v) is 10.4. The van der Waals surface area contributed by atoms with E-state index in [4.69, 9.17) is 4.74 Å². The van der Waals surface area contributed by atoms with Gasteiger partial charge in [0.2, 0.25) is 0 Å². The van der Waals surface area contributed by atoms with Gasteiger partial charge < -0.3 is 4.74 Å². The normalized spacial score (nSPS) is 25.0. The standard InChI is InChI=1S/C35H52O/c1-6-27-24-33(22-23-34(27)36-25-35(7-2,8-3)9-4)32-20-18-31(19-21-32)30-16-14-29(15-17-30)28-12-10-26(5)11-13-28/h18-24,26,28-30H,6-17,25H2,1-5H3. The summed E-state index contributed by atoms with van der Waals surface area (Å²) < 4.78 is 6.41. The summed E-state index contributed by atoms with van der Waals surface area (Å²) >= 11 is 0. The van der Waals surface area contributed by atoms with E-state index in [1.54, 1.807) is 5.56 Å². The van der Waals surface area contributed by atoms with Crippen molar-refractivity contribution in [3.05, 3.63) is 53.6 Å². The van der Waals surface area contributed by atoms with Crippen LogP contribution in [0.15, 0.2) is 42.5 Å². The SMILES string of the molecule is CCc1cc(-c2ccc(C3CCC(C4CCC(C)CC4)CC3)cc2)ccc1OCC(CC)(CC)CC. The van der Waals surface area contributed by atoms with Crippen LogP contribution in [0.2, 0.25) is 0 Å². The van der Waals surface area contributed by atoms with Crippen LogP contribution in [0, 0.1) is 23.2 Å². The molecule has 198 valence electrons. The molecule has 2 aliphatic rings. The van der Waals surface area contributed by atoms with Gasteiger partial charge in [-0.1, -0.05) is 77.8 Å². The zero-order valence-corrected chi connectivity index (χ0v) is 24.0. The van der Waals surface area contributed by atoms with Gasteiger partial charge in [0.1, 0.15) is 5.75 Å². The van der Waals surface area contributed by atoms with Crippen LogP contribution < -0.4 is 4.74 Å². The molecule has 0 amide bonds. The van der Waals surface area contributed by atoms with Crippen LogP contribution >= 0.6 is 0 Å². The maximum atomic E-state index is 6.41. The lowest BCUT2D eigenvalue weighted by Crippen LogP contribution is -2.26. The zero-order chi connectivity index (χ0) is 25.5. The van der Waals surface area contributed by atoms with Gasteiger partial charge in [-0.05, 0) is 122 Å². The maximum absolute atomic E-state index is 6.41. The Morgan fingerprint density at radius 3 is 1.81 bits per heavy atom. The minimum absolute atomic E-state index is 0.299. The molecule has 36 heavy (non-hydrogen) atoms. The first-order chi connectivity index (χ1) is 17.5. The van der Waals surface area contributed by atoms with Crippen LogP contribution in [0.3, 0.4) is 0 Å². The number of hydrogen-bond donors (Lipinski definition) is 0. The number of hydrogen-bond acceptors (Lipinski definition) is 1. The van der Waals surface area contributed by atoms with Crippen LogP contribution in [-0.4, -0.2) is 6.61 Å². The lowest BCUT2D eigenvalue weighted by atomic mass is 9.68. The van der Waals surface area contributed by atoms with E-state index in [-0.39, 0.29) is 0 Å². The van der Waals surface area contributed by atoms with Gasteiger partial charge in [-0.2, -0.15) is 0 Å². The van der Waals surface area contributed by atoms with E-state index < -0.39 is 0 Å². The summed E-state index contributed by atoms with van der Waals surface area (Å²) in [4.78, 5) is 0. The van der Waals surface area contributed by atoms with E-state index in [1.807, 2.05) is 0 Å². The largest absolute Gasteiger partial charge is 0.493 e. The fourth-order valence-corrected chi connectivity index (χ4v) is 7.09. The Labute approximate surface area is 222 Å². The highest BCUT2D eigenvalue weighted by atomic mass is 16.5. The van der Waals surface area contributed by atoms with Crippen molar-refractivity contribution in [3.63, 3.8) is 0 Å². The molecule has 2 fully saturated rings. The Morgan fingerprint density at radius 2 is 1.25 bits per heavy atom. The van der Waals surface area contributed by atoms with Gasteiger partial charge in [0.15, 0.2) is 0 Å². The van der Waals surface area contributed by atoms with Gasteiger partial charge >= 0.3 is 0 Å². The summed E-state index contributed by atoms with van der Waals surface area (Å²) in [7, 11) is 0. The minimum Gasteiger partial charge on any atom is -0.493 e. The van der Waals surface area contributed by atoms with Crippen molar-refractivity contribution in [1.82, 2.24) is 0 Å². The summed E-state index contributed by atoms with van der Waals surface area (Å²) in [5.41, 5.74) is 5.82. The Hall–Kier alpha value is -1.76. The average molecular weight is 489 g/mol. The number of ether oxygens (including phenoxy) is 1. The van der Waals surface area contributed by atoms with Crippen molar-refractivity contribution in [1.29, 1.82) is 0 Å². The molecule has 1 heteroatoms. The van der Waals surface area contributed by atoms with Gasteiger partial charge in [0.25, 0.3) is 0 Å². The molecule has 0 unspecified atom stereocenters. The molecule has 2 aromatic carbocycles. The van der Waals surface area contributed by atoms with Gasteiger partial charge in [-0.25, -0.2) is 0 Å². The molecular formula is C35H52O. The van der Waals surface area contributed by atoms with E-state index in [1.165, 1.54) is 87.3 Å². The molecule has 4 rings (SSSR count). The highest BCUT2D eigenvalue weighted by Gasteiger charge is 2.30. The number of rotatable bonds is 10. The Morgan fingerprint density at radius 1 is 0.694 bits per heavy atom. The molecule has 0 aliphatic heterocycles. The first-order valence-corrected chi connectivity index (χ1v) is 15.4. The van der Waals surface area contributed by atoms with Crippen LogP contribution in [0.4, 0.5) is 0 Å². The summed E-state index contributed by atoms with van der Waals surface area (Å²) in [5, 5.41) is 0. The van der Waals surface area contributed by atoms with Crippen LogP contribution in [-0.2, 0) is 6.42 Å². The van der Waals surface area contributed by atoms with E-state index in [2.05, 4.69) is 77.1 Å². The molecule has 0 N–H and O–H groups in total. The van der Waals surface area contributed by atoms with Gasteiger partial charge in [0.05, 0.1) is 6.61 Å². The second-order valence-corrected chi connectivity index (χ2v) is 12.3. The molecule has 2 saturated carbocycles. The van der Waals surface area contributed by atoms with Crippen LogP contribution in [0.1, 0.15) is 122 Å². The molecule has 2 aliphatic carbocycles. The van der Waals surface area contributed by atoms with Crippen molar-refractivity contribution < 1.29 is 4.74 Å². The zero-order valence-electron chi connectivity index (χ0n) is 24.0. The van der Waals surface area contributed by atoms with Crippen molar-refractivity contribution >= 4 is 0 Å². The van der Waals surface area contributed by atoms with Gasteiger partial charge in [-0.15, -0.1) is 0 Å². The van der Waals surface area contributed by atoms with E-state index >= 15 is 0 Å². The molecule has 2 aromatic rings. The highest BCUT2D eigenvalue weighted by molar-refractivity contribution is 5.66. The Bertz CT molecular complexity index is 913. The lowest BCUT2D eigenvalue weighted by Gasteiger charge is -2.37. The van der Waals surface area contributed by atoms with Crippen molar-refractivity contribution in [2.45, 2.75) is 118 Å². The summed E-state index contributed by atoms with van der Waals surface area (Å²) in [5.74, 6) is 4.82. The second kappa shape index (κ2) is 12.7. The molecule has 0 saturated heterocycles. The average Bonchev–Trinajstić information content (AvgIpc) is 2.95. The Kier molecular flexibility index (Phi) is 9.59. The summed E-state index contributed by atoms with van der Waals surface area (Å²) in [6.45, 7) is 12.4. The molecule has 0 atom stereocenters. The molecule has 0 bridgehead atoms. The molecule has 0 spiro atoms. The molecule has 0 radical (unpaired) electrons. The van der Waals surface area contributed by atoms with Crippen LogP contribution in [0.25, 0.3) is 11.1 Å². The molecule has 0 heterocycles. The second-order valence-electron chi connectivity index (χ2n) is 12.3. The van der Waals surface area contributed by atoms with Crippen LogP contribution in [0.5, 0.6) is 5.75 Å². The minimum atomic E-state index is 0.299. The van der Waals surface area contributed by atoms with E-state index in [9.17, 15) is 0 Å². The smallest absolute Gasteiger partial charge is 0.122 e. The van der Waals surface area contributed by atoms with Crippen molar-refractivity contribution in [3.8, 4) is 16.9 Å². The van der Waals surface area contributed by atoms with E-state index in [0.717, 1.165) is 42.4 Å². The third kappa shape index (κ3) is 6.38. The fourth-order valence-electron chi connectivity index (χ4n) is 7.09. The predicted molar refractivity (Wildman–Crippen MR) is 156 cm³/mol. The third-order valence-electron chi connectivity index (χ3n) is 10.4. The van der Waals surface area contributed by atoms with Crippen molar-refractivity contribution in [2.75, 3.05) is 6.61 Å². The topological polar surface area (TPSA) is 9.23 Å². The number of benzene rings is 2. The first-order valence-electron chi connectivity index (χ1n) is 15.4. The number of aryl methyl sites for hydroxylation is 1. The molecule has 0 aromatic heterocycles.